The maximum Gasteiger partial charge on any atom is 0.331 e. The van der Waals surface area contributed by atoms with E-state index in [0.717, 1.165) is 11.3 Å². The van der Waals surface area contributed by atoms with Crippen LogP contribution < -0.4 is 0 Å². The molecule has 0 saturated carbocycles. The van der Waals surface area contributed by atoms with Gasteiger partial charge in [0.25, 0.3) is 5.91 Å². The number of aliphatic carboxylic acids is 1. The van der Waals surface area contributed by atoms with Gasteiger partial charge in [0.15, 0.2) is 6.04 Å². The number of amides is 1. The summed E-state index contributed by atoms with van der Waals surface area (Å²) in [4.78, 5) is 26.3. The van der Waals surface area contributed by atoms with Crippen molar-refractivity contribution >= 4 is 11.9 Å². The molecule has 6 nitrogen and oxygen atoms in total. The van der Waals surface area contributed by atoms with Crippen LogP contribution in [0.15, 0.2) is 30.5 Å². The summed E-state index contributed by atoms with van der Waals surface area (Å²) in [5.41, 5.74) is 2.91. The smallest absolute Gasteiger partial charge is 0.331 e. The Morgan fingerprint density at radius 1 is 1.29 bits per heavy atom. The molecule has 6 heteroatoms. The minimum Gasteiger partial charge on any atom is -0.479 e. The highest BCUT2D eigenvalue weighted by Crippen LogP contribution is 2.31. The molecule has 126 valence electrons. The summed E-state index contributed by atoms with van der Waals surface area (Å²) in [6, 6.07) is 6.61. The Labute approximate surface area is 140 Å². The summed E-state index contributed by atoms with van der Waals surface area (Å²) in [5.74, 6) is -1.29. The van der Waals surface area contributed by atoms with Gasteiger partial charge >= 0.3 is 5.97 Å². The summed E-state index contributed by atoms with van der Waals surface area (Å²) in [6.45, 7) is 6.21. The van der Waals surface area contributed by atoms with Crippen molar-refractivity contribution in [1.82, 2.24) is 14.7 Å². The summed E-state index contributed by atoms with van der Waals surface area (Å²) >= 11 is 0. The quantitative estimate of drug-likeness (QED) is 0.940. The lowest BCUT2D eigenvalue weighted by molar-refractivity contribution is -0.143. The van der Waals surface area contributed by atoms with Crippen molar-refractivity contribution in [3.63, 3.8) is 0 Å². The van der Waals surface area contributed by atoms with Crippen LogP contribution in [0.25, 0.3) is 0 Å². The molecular formula is C18H21N3O3. The van der Waals surface area contributed by atoms with Gasteiger partial charge in [-0.1, -0.05) is 24.3 Å². The van der Waals surface area contributed by atoms with Crippen LogP contribution in [0.2, 0.25) is 0 Å². The van der Waals surface area contributed by atoms with Crippen LogP contribution in [0.1, 0.15) is 53.1 Å². The number of fused-ring (bicyclic) bond motifs is 1. The Kier molecular flexibility index (Phi) is 4.13. The van der Waals surface area contributed by atoms with Crippen LogP contribution >= 0.6 is 0 Å². The van der Waals surface area contributed by atoms with Gasteiger partial charge in [-0.25, -0.2) is 4.79 Å². The van der Waals surface area contributed by atoms with Crippen LogP contribution in [0.3, 0.4) is 0 Å². The zero-order valence-electron chi connectivity index (χ0n) is 14.1. The summed E-state index contributed by atoms with van der Waals surface area (Å²) < 4.78 is 1.78. The Morgan fingerprint density at radius 2 is 2.00 bits per heavy atom. The minimum atomic E-state index is -1.01. The predicted molar refractivity (Wildman–Crippen MR) is 88.9 cm³/mol. The molecule has 1 aliphatic heterocycles. The number of nitrogens with zero attached hydrogens (tertiary/aromatic N) is 3. The van der Waals surface area contributed by atoms with Gasteiger partial charge in [-0.05, 0) is 38.3 Å². The molecular weight excluding hydrogens is 306 g/mol. The molecule has 2 aromatic rings. The van der Waals surface area contributed by atoms with Crippen molar-refractivity contribution in [3.8, 4) is 0 Å². The highest BCUT2D eigenvalue weighted by atomic mass is 16.4. The topological polar surface area (TPSA) is 75.4 Å². The van der Waals surface area contributed by atoms with Crippen molar-refractivity contribution in [1.29, 1.82) is 0 Å². The largest absolute Gasteiger partial charge is 0.479 e. The molecule has 0 fully saturated rings. The molecule has 1 aromatic heterocycles. The van der Waals surface area contributed by atoms with Gasteiger partial charge in [-0.15, -0.1) is 0 Å². The second-order valence-electron chi connectivity index (χ2n) is 6.37. The van der Waals surface area contributed by atoms with E-state index in [0.29, 0.717) is 24.1 Å². The van der Waals surface area contributed by atoms with E-state index in [4.69, 9.17) is 0 Å². The van der Waals surface area contributed by atoms with E-state index < -0.39 is 12.0 Å². The summed E-state index contributed by atoms with van der Waals surface area (Å²) in [6.07, 6.45) is 2.19. The highest BCUT2D eigenvalue weighted by Gasteiger charge is 2.37. The molecule has 0 spiro atoms. The molecule has 0 aliphatic carbocycles. The van der Waals surface area contributed by atoms with Gasteiger partial charge < -0.3 is 10.0 Å². The third-order valence-electron chi connectivity index (χ3n) is 4.54. The van der Waals surface area contributed by atoms with Crippen LogP contribution in [0.5, 0.6) is 0 Å². The van der Waals surface area contributed by atoms with Gasteiger partial charge in [-0.3, -0.25) is 9.48 Å². The molecule has 0 bridgehead atoms. The molecule has 0 radical (unpaired) electrons. The average molecular weight is 327 g/mol. The monoisotopic (exact) mass is 327 g/mol. The zero-order chi connectivity index (χ0) is 17.4. The summed E-state index contributed by atoms with van der Waals surface area (Å²) in [7, 11) is 0. The van der Waals surface area contributed by atoms with E-state index in [1.54, 1.807) is 10.7 Å². The SMILES string of the molecule is Cc1c(C(=O)N2CCc3ccccc3[C@@H]2C(=O)O)cnn1C(C)C. The molecule has 1 aromatic carbocycles. The Hall–Kier alpha value is -2.63. The van der Waals surface area contributed by atoms with E-state index in [-0.39, 0.29) is 11.9 Å². The number of benzene rings is 1. The number of rotatable bonds is 3. The number of hydrogen-bond donors (Lipinski definition) is 1. The van der Waals surface area contributed by atoms with Gasteiger partial charge in [0.1, 0.15) is 0 Å². The molecule has 0 saturated heterocycles. The van der Waals surface area contributed by atoms with E-state index in [9.17, 15) is 14.7 Å². The van der Waals surface area contributed by atoms with Crippen molar-refractivity contribution in [2.24, 2.45) is 0 Å². The van der Waals surface area contributed by atoms with Crippen molar-refractivity contribution in [3.05, 3.63) is 52.8 Å². The number of carbonyl (C=O) groups excluding carboxylic acids is 1. The first-order valence-corrected chi connectivity index (χ1v) is 8.07. The Bertz CT molecular complexity index is 795. The fourth-order valence-electron chi connectivity index (χ4n) is 3.36. The van der Waals surface area contributed by atoms with Crippen molar-refractivity contribution < 1.29 is 14.7 Å². The highest BCUT2D eigenvalue weighted by molar-refractivity contribution is 5.98. The number of carboxylic acids is 1. The fraction of sp³-hybridized carbons (Fsp3) is 0.389. The van der Waals surface area contributed by atoms with Gasteiger partial charge in [0.05, 0.1) is 11.8 Å². The molecule has 24 heavy (non-hydrogen) atoms. The Balaban J connectivity index is 2.00. The summed E-state index contributed by atoms with van der Waals surface area (Å²) in [5, 5.41) is 14.0. The number of aromatic nitrogens is 2. The Morgan fingerprint density at radius 3 is 2.62 bits per heavy atom. The molecule has 3 rings (SSSR count). The van der Waals surface area contributed by atoms with Crippen LogP contribution in [-0.4, -0.2) is 38.2 Å². The standard InChI is InChI=1S/C18H21N3O3/c1-11(2)21-12(3)15(10-19-21)17(22)20-9-8-13-6-4-5-7-14(13)16(20)18(23)24/h4-7,10-11,16H,8-9H2,1-3H3,(H,23,24)/t16-/m1/s1. The molecule has 2 heterocycles. The third-order valence-corrected chi connectivity index (χ3v) is 4.54. The van der Waals surface area contributed by atoms with Gasteiger partial charge in [0, 0.05) is 18.3 Å². The lowest BCUT2D eigenvalue weighted by atomic mass is 9.92. The molecule has 1 amide bonds. The van der Waals surface area contributed by atoms with E-state index in [1.807, 2.05) is 39.0 Å². The first-order chi connectivity index (χ1) is 11.4. The third kappa shape index (κ3) is 2.58. The van der Waals surface area contributed by atoms with Crippen LogP contribution in [0.4, 0.5) is 0 Å². The van der Waals surface area contributed by atoms with E-state index in [1.165, 1.54) is 11.1 Å². The van der Waals surface area contributed by atoms with Crippen LogP contribution in [-0.2, 0) is 11.2 Å². The normalized spacial score (nSPS) is 17.0. The molecule has 1 N–H and O–H groups in total. The van der Waals surface area contributed by atoms with Crippen molar-refractivity contribution in [2.45, 2.75) is 39.3 Å². The first-order valence-electron chi connectivity index (χ1n) is 8.07. The second kappa shape index (κ2) is 6.11. The van der Waals surface area contributed by atoms with Crippen LogP contribution in [0, 0.1) is 6.92 Å². The predicted octanol–water partition coefficient (Wildman–Crippen LogP) is 2.60. The number of carbonyl (C=O) groups is 2. The van der Waals surface area contributed by atoms with E-state index >= 15 is 0 Å². The molecule has 1 atom stereocenters. The van der Waals surface area contributed by atoms with Crippen molar-refractivity contribution in [2.75, 3.05) is 6.54 Å². The molecule has 1 aliphatic rings. The maximum atomic E-state index is 13.0. The number of hydrogen-bond acceptors (Lipinski definition) is 3. The lowest BCUT2D eigenvalue weighted by Crippen LogP contribution is -2.43. The molecule has 0 unspecified atom stereocenters. The average Bonchev–Trinajstić information content (AvgIpc) is 2.94. The van der Waals surface area contributed by atoms with Gasteiger partial charge in [0.2, 0.25) is 0 Å². The second-order valence-corrected chi connectivity index (χ2v) is 6.37. The fourth-order valence-corrected chi connectivity index (χ4v) is 3.36. The first kappa shape index (κ1) is 16.2. The van der Waals surface area contributed by atoms with Gasteiger partial charge in [-0.2, -0.15) is 5.10 Å². The van der Waals surface area contributed by atoms with E-state index in [2.05, 4.69) is 5.10 Å². The number of carboxylic acid groups (broad SMARTS) is 1. The minimum absolute atomic E-state index is 0.143. The maximum absolute atomic E-state index is 13.0. The lowest BCUT2D eigenvalue weighted by Gasteiger charge is -2.34. The zero-order valence-corrected chi connectivity index (χ0v) is 14.1.